The summed E-state index contributed by atoms with van der Waals surface area (Å²) >= 11 is 0. The third-order valence-corrected chi connectivity index (χ3v) is 3.59. The molecule has 0 aliphatic carbocycles. The molecule has 0 saturated carbocycles. The van der Waals surface area contributed by atoms with Crippen LogP contribution in [0.15, 0.2) is 18.2 Å². The van der Waals surface area contributed by atoms with Gasteiger partial charge in [0.25, 0.3) is 0 Å². The number of halogens is 1. The molecule has 0 unspecified atom stereocenters. The van der Waals surface area contributed by atoms with Crippen LogP contribution in [0, 0.1) is 5.82 Å². The normalized spacial score (nSPS) is 17.5. The number of piperidine rings is 1. The highest BCUT2D eigenvalue weighted by Crippen LogP contribution is 2.19. The van der Waals surface area contributed by atoms with E-state index in [1.807, 2.05) is 0 Å². The molecule has 112 valence electrons. The largest absolute Gasteiger partial charge is 0.508 e. The lowest BCUT2D eigenvalue weighted by Crippen LogP contribution is -2.36. The van der Waals surface area contributed by atoms with Gasteiger partial charge >= 0.3 is 0 Å². The number of aromatic hydroxyl groups is 1. The number of likely N-dealkylation sites (tertiary alicyclic amines) is 1. The van der Waals surface area contributed by atoms with Gasteiger partial charge in [0.05, 0.1) is 6.10 Å². The van der Waals surface area contributed by atoms with Crippen LogP contribution in [0.1, 0.15) is 24.8 Å². The van der Waals surface area contributed by atoms with E-state index in [1.165, 1.54) is 6.07 Å². The van der Waals surface area contributed by atoms with Gasteiger partial charge in [0.2, 0.25) is 0 Å². The summed E-state index contributed by atoms with van der Waals surface area (Å²) in [6.07, 6.45) is 3.21. The van der Waals surface area contributed by atoms with E-state index in [9.17, 15) is 9.50 Å². The number of hydrogen-bond acceptors (Lipinski definition) is 4. The predicted octanol–water partition coefficient (Wildman–Crippen LogP) is 1.86. The number of nitrogens with zero attached hydrogens (tertiary/aromatic N) is 1. The molecule has 1 aromatic rings. The molecule has 0 amide bonds. The molecule has 4 nitrogen and oxygen atoms in total. The number of phenolic OH excluding ortho intramolecular Hbond substituents is 1. The molecule has 3 N–H and O–H groups in total. The minimum atomic E-state index is -0.389. The number of ether oxygens (including phenoxy) is 1. The summed E-state index contributed by atoms with van der Waals surface area (Å²) in [4.78, 5) is 2.26. The monoisotopic (exact) mass is 282 g/mol. The summed E-state index contributed by atoms with van der Waals surface area (Å²) in [5, 5.41) is 9.40. The van der Waals surface area contributed by atoms with E-state index < -0.39 is 0 Å². The van der Waals surface area contributed by atoms with Crippen LogP contribution in [0.4, 0.5) is 4.39 Å². The number of rotatable bonds is 6. The lowest BCUT2D eigenvalue weighted by Gasteiger charge is -2.32. The lowest BCUT2D eigenvalue weighted by atomic mass is 10.1. The third-order valence-electron chi connectivity index (χ3n) is 3.59. The molecule has 0 atom stereocenters. The van der Waals surface area contributed by atoms with Crippen LogP contribution in [0.3, 0.4) is 0 Å². The molecule has 1 aromatic carbocycles. The molecule has 0 spiro atoms. The summed E-state index contributed by atoms with van der Waals surface area (Å²) in [7, 11) is 0. The summed E-state index contributed by atoms with van der Waals surface area (Å²) < 4.78 is 19.0. The van der Waals surface area contributed by atoms with Gasteiger partial charge in [-0.1, -0.05) is 0 Å². The number of phenols is 1. The van der Waals surface area contributed by atoms with Crippen molar-refractivity contribution < 1.29 is 14.2 Å². The average Bonchev–Trinajstić information content (AvgIpc) is 2.40. The van der Waals surface area contributed by atoms with E-state index >= 15 is 0 Å². The Balaban J connectivity index is 1.76. The van der Waals surface area contributed by atoms with Crippen molar-refractivity contribution in [2.45, 2.75) is 31.9 Å². The fourth-order valence-electron chi connectivity index (χ4n) is 2.55. The Labute approximate surface area is 119 Å². The molecule has 1 aliphatic rings. The van der Waals surface area contributed by atoms with Crippen LogP contribution in [0.25, 0.3) is 0 Å². The van der Waals surface area contributed by atoms with Gasteiger partial charge in [-0.25, -0.2) is 4.39 Å². The zero-order valence-corrected chi connectivity index (χ0v) is 11.7. The van der Waals surface area contributed by atoms with Crippen molar-refractivity contribution in [2.24, 2.45) is 5.73 Å². The maximum atomic E-state index is 13.2. The van der Waals surface area contributed by atoms with Gasteiger partial charge in [0.1, 0.15) is 11.6 Å². The van der Waals surface area contributed by atoms with E-state index in [2.05, 4.69) is 4.90 Å². The first-order valence-electron chi connectivity index (χ1n) is 7.20. The molecular formula is C15H23FN2O2. The van der Waals surface area contributed by atoms with E-state index in [1.54, 1.807) is 6.07 Å². The smallest absolute Gasteiger partial charge is 0.127 e. The zero-order chi connectivity index (χ0) is 14.4. The fraction of sp³-hybridized carbons (Fsp3) is 0.600. The second-order valence-electron chi connectivity index (χ2n) is 5.31. The SMILES string of the molecule is NCCCOC1CCN(Cc2cc(O)cc(F)c2)CC1. The molecule has 1 heterocycles. The number of nitrogens with two attached hydrogens (primary N) is 1. The average molecular weight is 282 g/mol. The molecule has 0 bridgehead atoms. The zero-order valence-electron chi connectivity index (χ0n) is 11.7. The van der Waals surface area contributed by atoms with E-state index in [0.717, 1.165) is 50.6 Å². The first kappa shape index (κ1) is 15.2. The van der Waals surface area contributed by atoms with Crippen molar-refractivity contribution in [3.05, 3.63) is 29.6 Å². The molecule has 1 fully saturated rings. The van der Waals surface area contributed by atoms with E-state index in [4.69, 9.17) is 10.5 Å². The van der Waals surface area contributed by atoms with Crippen LogP contribution >= 0.6 is 0 Å². The van der Waals surface area contributed by atoms with Gasteiger partial charge in [0.15, 0.2) is 0 Å². The van der Waals surface area contributed by atoms with Gasteiger partial charge in [-0.05, 0) is 43.5 Å². The van der Waals surface area contributed by atoms with Crippen LogP contribution < -0.4 is 5.73 Å². The Bertz CT molecular complexity index is 400. The first-order chi connectivity index (χ1) is 9.67. The standard InChI is InChI=1S/C15H23FN2O2/c16-13-8-12(9-14(19)10-13)11-18-5-2-15(3-6-18)20-7-1-4-17/h8-10,15,19H,1-7,11,17H2. The Morgan fingerprint density at radius 3 is 2.70 bits per heavy atom. The molecule has 2 rings (SSSR count). The number of benzene rings is 1. The Morgan fingerprint density at radius 1 is 1.30 bits per heavy atom. The molecule has 1 aliphatic heterocycles. The Kier molecular flexibility index (Phi) is 5.76. The molecule has 0 aromatic heterocycles. The van der Waals surface area contributed by atoms with Gasteiger partial charge < -0.3 is 15.6 Å². The molecular weight excluding hydrogens is 259 g/mol. The third kappa shape index (κ3) is 4.74. The highest BCUT2D eigenvalue weighted by molar-refractivity contribution is 5.28. The van der Waals surface area contributed by atoms with Crippen molar-refractivity contribution in [1.82, 2.24) is 4.90 Å². The Morgan fingerprint density at radius 2 is 2.05 bits per heavy atom. The Hall–Kier alpha value is -1.17. The molecule has 1 saturated heterocycles. The molecule has 5 heteroatoms. The topological polar surface area (TPSA) is 58.7 Å². The highest BCUT2D eigenvalue weighted by atomic mass is 19.1. The van der Waals surface area contributed by atoms with Crippen molar-refractivity contribution in [1.29, 1.82) is 0 Å². The number of hydrogen-bond donors (Lipinski definition) is 2. The highest BCUT2D eigenvalue weighted by Gasteiger charge is 2.19. The van der Waals surface area contributed by atoms with Crippen molar-refractivity contribution in [3.8, 4) is 5.75 Å². The first-order valence-corrected chi connectivity index (χ1v) is 7.20. The van der Waals surface area contributed by atoms with Crippen LogP contribution in [0.2, 0.25) is 0 Å². The maximum absolute atomic E-state index is 13.2. The molecule has 20 heavy (non-hydrogen) atoms. The predicted molar refractivity (Wildman–Crippen MR) is 76.0 cm³/mol. The lowest BCUT2D eigenvalue weighted by molar-refractivity contribution is 0.00560. The minimum Gasteiger partial charge on any atom is -0.508 e. The second-order valence-corrected chi connectivity index (χ2v) is 5.31. The van der Waals surface area contributed by atoms with Gasteiger partial charge in [-0.15, -0.1) is 0 Å². The maximum Gasteiger partial charge on any atom is 0.127 e. The van der Waals surface area contributed by atoms with Crippen molar-refractivity contribution in [3.63, 3.8) is 0 Å². The quantitative estimate of drug-likeness (QED) is 0.782. The van der Waals surface area contributed by atoms with Crippen LogP contribution in [0.5, 0.6) is 5.75 Å². The van der Waals surface area contributed by atoms with Crippen LogP contribution in [-0.2, 0) is 11.3 Å². The minimum absolute atomic E-state index is 0.0139. The van der Waals surface area contributed by atoms with Crippen molar-refractivity contribution in [2.75, 3.05) is 26.2 Å². The summed E-state index contributed by atoms with van der Waals surface area (Å²) in [6, 6.07) is 4.22. The van der Waals surface area contributed by atoms with E-state index in [0.29, 0.717) is 19.2 Å². The van der Waals surface area contributed by atoms with Crippen LogP contribution in [-0.4, -0.2) is 42.4 Å². The summed E-state index contributed by atoms with van der Waals surface area (Å²) in [5.74, 6) is -0.403. The van der Waals surface area contributed by atoms with Gasteiger partial charge in [-0.3, -0.25) is 4.90 Å². The van der Waals surface area contributed by atoms with Crippen molar-refractivity contribution >= 4 is 0 Å². The van der Waals surface area contributed by atoms with E-state index in [-0.39, 0.29) is 11.6 Å². The molecule has 0 radical (unpaired) electrons. The summed E-state index contributed by atoms with van der Waals surface area (Å²) in [5.41, 5.74) is 6.25. The van der Waals surface area contributed by atoms with Gasteiger partial charge in [0, 0.05) is 32.3 Å². The second kappa shape index (κ2) is 7.57. The van der Waals surface area contributed by atoms with Gasteiger partial charge in [-0.2, -0.15) is 0 Å². The fourth-order valence-corrected chi connectivity index (χ4v) is 2.55. The summed E-state index contributed by atoms with van der Waals surface area (Å²) in [6.45, 7) is 3.94.